The van der Waals surface area contributed by atoms with Crippen LogP contribution in [0.15, 0.2) is 18.2 Å². The molecule has 18 heavy (non-hydrogen) atoms. The Morgan fingerprint density at radius 2 is 2.06 bits per heavy atom. The highest BCUT2D eigenvalue weighted by atomic mass is 16.3. The molecule has 0 spiro atoms. The van der Waals surface area contributed by atoms with Crippen molar-refractivity contribution in [3.8, 4) is 5.75 Å². The number of nitrogens with zero attached hydrogens (tertiary/aromatic N) is 1. The van der Waals surface area contributed by atoms with Crippen LogP contribution in [0.5, 0.6) is 5.75 Å². The van der Waals surface area contributed by atoms with Crippen LogP contribution in [0, 0.1) is 6.92 Å². The van der Waals surface area contributed by atoms with E-state index in [1.165, 1.54) is 0 Å². The van der Waals surface area contributed by atoms with Crippen LogP contribution < -0.4 is 5.32 Å². The van der Waals surface area contributed by atoms with Gasteiger partial charge in [0.15, 0.2) is 0 Å². The molecular weight excluding hydrogens is 228 g/mol. The lowest BCUT2D eigenvalue weighted by atomic mass is 10.0. The van der Waals surface area contributed by atoms with Gasteiger partial charge in [0, 0.05) is 30.3 Å². The number of likely N-dealkylation sites (tertiary alicyclic amines) is 1. The summed E-state index contributed by atoms with van der Waals surface area (Å²) in [5.41, 5.74) is 1.27. The number of benzene rings is 1. The van der Waals surface area contributed by atoms with E-state index in [1.807, 2.05) is 11.9 Å². The zero-order valence-electron chi connectivity index (χ0n) is 10.9. The topological polar surface area (TPSA) is 52.6 Å². The Morgan fingerprint density at radius 1 is 1.39 bits per heavy atom. The largest absolute Gasteiger partial charge is 0.508 e. The number of hydrogen-bond donors (Lipinski definition) is 2. The molecule has 0 radical (unpaired) electrons. The van der Waals surface area contributed by atoms with E-state index in [2.05, 4.69) is 5.32 Å². The Morgan fingerprint density at radius 3 is 2.67 bits per heavy atom. The highest BCUT2D eigenvalue weighted by Crippen LogP contribution is 2.22. The number of phenols is 1. The van der Waals surface area contributed by atoms with Gasteiger partial charge in [0.25, 0.3) is 5.91 Å². The summed E-state index contributed by atoms with van der Waals surface area (Å²) in [6.07, 6.45) is 1.97. The molecule has 2 N–H and O–H groups in total. The minimum Gasteiger partial charge on any atom is -0.508 e. The van der Waals surface area contributed by atoms with Crippen LogP contribution >= 0.6 is 0 Å². The number of phenolic OH excluding ortho intramolecular Hbond substituents is 1. The molecule has 1 aromatic rings. The van der Waals surface area contributed by atoms with Crippen molar-refractivity contribution < 1.29 is 9.90 Å². The van der Waals surface area contributed by atoms with Crippen molar-refractivity contribution in [3.05, 3.63) is 29.3 Å². The first kappa shape index (κ1) is 12.9. The molecule has 4 heteroatoms. The zero-order chi connectivity index (χ0) is 13.1. The van der Waals surface area contributed by atoms with E-state index in [0.29, 0.717) is 17.2 Å². The van der Waals surface area contributed by atoms with Crippen LogP contribution in [-0.2, 0) is 0 Å². The number of aromatic hydroxyl groups is 1. The molecule has 1 aliphatic rings. The summed E-state index contributed by atoms with van der Waals surface area (Å²) in [4.78, 5) is 14.2. The van der Waals surface area contributed by atoms with Crippen molar-refractivity contribution in [2.75, 3.05) is 20.1 Å². The van der Waals surface area contributed by atoms with Crippen LogP contribution in [0.3, 0.4) is 0 Å². The fraction of sp³-hybridized carbons (Fsp3) is 0.500. The van der Waals surface area contributed by atoms with E-state index in [1.54, 1.807) is 25.1 Å². The highest BCUT2D eigenvalue weighted by Gasteiger charge is 2.24. The van der Waals surface area contributed by atoms with Crippen LogP contribution in [-0.4, -0.2) is 42.1 Å². The van der Waals surface area contributed by atoms with E-state index < -0.39 is 0 Å². The van der Waals surface area contributed by atoms with E-state index in [0.717, 1.165) is 25.9 Å². The van der Waals surface area contributed by atoms with Crippen LogP contribution in [0.25, 0.3) is 0 Å². The zero-order valence-corrected chi connectivity index (χ0v) is 10.9. The second-order valence-corrected chi connectivity index (χ2v) is 4.80. The number of nitrogens with one attached hydrogen (secondary N) is 1. The van der Waals surface area contributed by atoms with Gasteiger partial charge < -0.3 is 15.3 Å². The molecule has 2 rings (SSSR count). The first-order chi connectivity index (χ1) is 8.63. The molecule has 4 nitrogen and oxygen atoms in total. The molecule has 1 saturated heterocycles. The minimum absolute atomic E-state index is 0.0259. The lowest BCUT2D eigenvalue weighted by Gasteiger charge is -2.32. The van der Waals surface area contributed by atoms with E-state index >= 15 is 0 Å². The summed E-state index contributed by atoms with van der Waals surface area (Å²) in [6, 6.07) is 5.62. The van der Waals surface area contributed by atoms with Gasteiger partial charge in [-0.3, -0.25) is 4.79 Å². The highest BCUT2D eigenvalue weighted by molar-refractivity contribution is 5.96. The molecule has 0 atom stereocenters. The molecule has 1 fully saturated rings. The van der Waals surface area contributed by atoms with Crippen molar-refractivity contribution in [2.45, 2.75) is 25.8 Å². The second-order valence-electron chi connectivity index (χ2n) is 4.80. The van der Waals surface area contributed by atoms with Gasteiger partial charge >= 0.3 is 0 Å². The third-order valence-corrected chi connectivity index (χ3v) is 3.73. The average molecular weight is 248 g/mol. The summed E-state index contributed by atoms with van der Waals surface area (Å²) in [7, 11) is 1.96. The third-order valence-electron chi connectivity index (χ3n) is 3.73. The van der Waals surface area contributed by atoms with Gasteiger partial charge in [-0.2, -0.15) is 0 Å². The smallest absolute Gasteiger partial charge is 0.254 e. The van der Waals surface area contributed by atoms with E-state index in [4.69, 9.17) is 0 Å². The maximum absolute atomic E-state index is 12.4. The normalized spacial score (nSPS) is 16.9. The molecule has 0 bridgehead atoms. The first-order valence-electron chi connectivity index (χ1n) is 6.38. The van der Waals surface area contributed by atoms with Crippen LogP contribution in [0.4, 0.5) is 0 Å². The molecule has 1 heterocycles. The fourth-order valence-electron chi connectivity index (χ4n) is 2.40. The Hall–Kier alpha value is -1.55. The summed E-state index contributed by atoms with van der Waals surface area (Å²) >= 11 is 0. The number of hydrogen-bond acceptors (Lipinski definition) is 3. The fourth-order valence-corrected chi connectivity index (χ4v) is 2.40. The number of carbonyl (C=O) groups is 1. The molecule has 98 valence electrons. The van der Waals surface area contributed by atoms with Crippen molar-refractivity contribution in [2.24, 2.45) is 0 Å². The Kier molecular flexibility index (Phi) is 3.87. The van der Waals surface area contributed by atoms with Gasteiger partial charge in [-0.05, 0) is 38.9 Å². The van der Waals surface area contributed by atoms with Gasteiger partial charge in [-0.15, -0.1) is 0 Å². The molecule has 0 aromatic heterocycles. The maximum Gasteiger partial charge on any atom is 0.254 e. The standard InChI is InChI=1S/C14H20N2O2/c1-10-12(4-3-5-13(10)17)14(18)16-8-6-11(15-2)7-9-16/h3-5,11,15,17H,6-9H2,1-2H3. The summed E-state index contributed by atoms with van der Waals surface area (Å²) in [5.74, 6) is 0.212. The van der Waals surface area contributed by atoms with Gasteiger partial charge in [-0.1, -0.05) is 6.07 Å². The molecule has 1 amide bonds. The number of piperidine rings is 1. The predicted octanol–water partition coefficient (Wildman–Crippen LogP) is 1.52. The number of carbonyl (C=O) groups excluding carboxylic acids is 1. The van der Waals surface area contributed by atoms with Crippen molar-refractivity contribution in [1.82, 2.24) is 10.2 Å². The quantitative estimate of drug-likeness (QED) is 0.834. The monoisotopic (exact) mass is 248 g/mol. The maximum atomic E-state index is 12.4. The Balaban J connectivity index is 2.10. The molecule has 0 saturated carbocycles. The number of amides is 1. The van der Waals surface area contributed by atoms with Crippen LogP contribution in [0.1, 0.15) is 28.8 Å². The summed E-state index contributed by atoms with van der Waals surface area (Å²) in [5, 5.41) is 12.9. The lowest BCUT2D eigenvalue weighted by Crippen LogP contribution is -2.44. The van der Waals surface area contributed by atoms with Crippen LogP contribution in [0.2, 0.25) is 0 Å². The van der Waals surface area contributed by atoms with E-state index in [9.17, 15) is 9.90 Å². The third kappa shape index (κ3) is 2.48. The first-order valence-corrected chi connectivity index (χ1v) is 6.38. The van der Waals surface area contributed by atoms with Gasteiger partial charge in [0.05, 0.1) is 0 Å². The molecule has 1 aromatic carbocycles. The van der Waals surface area contributed by atoms with Gasteiger partial charge in [0.1, 0.15) is 5.75 Å². The van der Waals surface area contributed by atoms with Gasteiger partial charge in [0.2, 0.25) is 0 Å². The van der Waals surface area contributed by atoms with Gasteiger partial charge in [-0.25, -0.2) is 0 Å². The average Bonchev–Trinajstić information content (AvgIpc) is 2.41. The summed E-state index contributed by atoms with van der Waals surface area (Å²) < 4.78 is 0. The Labute approximate surface area is 108 Å². The van der Waals surface area contributed by atoms with Crippen molar-refractivity contribution >= 4 is 5.91 Å². The van der Waals surface area contributed by atoms with Crippen molar-refractivity contribution in [1.29, 1.82) is 0 Å². The van der Waals surface area contributed by atoms with E-state index in [-0.39, 0.29) is 11.7 Å². The lowest BCUT2D eigenvalue weighted by molar-refractivity contribution is 0.0706. The SMILES string of the molecule is CNC1CCN(C(=O)c2cccc(O)c2C)CC1. The second kappa shape index (κ2) is 5.40. The molecule has 0 unspecified atom stereocenters. The Bertz CT molecular complexity index is 437. The molecule has 0 aliphatic carbocycles. The number of rotatable bonds is 2. The molecular formula is C14H20N2O2. The minimum atomic E-state index is 0.0259. The molecule has 1 aliphatic heterocycles. The summed E-state index contributed by atoms with van der Waals surface area (Å²) in [6.45, 7) is 3.34. The van der Waals surface area contributed by atoms with Crippen molar-refractivity contribution in [3.63, 3.8) is 0 Å². The predicted molar refractivity (Wildman–Crippen MR) is 70.8 cm³/mol.